The first-order valence-electron chi connectivity index (χ1n) is 9.32. The van der Waals surface area contributed by atoms with E-state index in [9.17, 15) is 13.6 Å². The van der Waals surface area contributed by atoms with Gasteiger partial charge in [0.05, 0.1) is 19.2 Å². The third-order valence-electron chi connectivity index (χ3n) is 5.54. The van der Waals surface area contributed by atoms with Gasteiger partial charge in [-0.3, -0.25) is 4.79 Å². The van der Waals surface area contributed by atoms with Gasteiger partial charge in [0, 0.05) is 29.3 Å². The Hall–Kier alpha value is -3.36. The first kappa shape index (κ1) is 17.7. The van der Waals surface area contributed by atoms with Crippen molar-refractivity contribution in [1.29, 1.82) is 0 Å². The molecule has 1 aromatic carbocycles. The lowest BCUT2D eigenvalue weighted by molar-refractivity contribution is 0.386. The number of hydrogen-bond donors (Lipinski definition) is 1. The Labute approximate surface area is 163 Å². The summed E-state index contributed by atoms with van der Waals surface area (Å²) < 4.78 is 35.3. The maximum atomic E-state index is 14.4. The molecule has 0 amide bonds. The normalized spacial score (nSPS) is 14.4. The number of nitrogens with one attached hydrogen (secondary N) is 1. The van der Waals surface area contributed by atoms with Gasteiger partial charge in [-0.15, -0.1) is 0 Å². The first-order chi connectivity index (χ1) is 14.1. The van der Waals surface area contributed by atoms with E-state index in [4.69, 9.17) is 4.74 Å². The van der Waals surface area contributed by atoms with Crippen molar-refractivity contribution in [2.75, 3.05) is 7.11 Å². The highest BCUT2D eigenvalue weighted by molar-refractivity contribution is 5.85. The Morgan fingerprint density at radius 3 is 2.76 bits per heavy atom. The molecule has 0 bridgehead atoms. The summed E-state index contributed by atoms with van der Waals surface area (Å²) in [5.74, 6) is -0.972. The number of imidazole rings is 1. The van der Waals surface area contributed by atoms with Crippen molar-refractivity contribution >= 4 is 22.2 Å². The van der Waals surface area contributed by atoms with Crippen LogP contribution in [0, 0.1) is 11.6 Å². The van der Waals surface area contributed by atoms with Gasteiger partial charge in [-0.2, -0.15) is 0 Å². The lowest BCUT2D eigenvalue weighted by Gasteiger charge is -2.25. The number of nitrogens with zero attached hydrogens (tertiary/aromatic N) is 4. The van der Waals surface area contributed by atoms with E-state index in [1.165, 1.54) is 13.2 Å². The average molecular weight is 397 g/mol. The molecule has 3 heterocycles. The zero-order valence-corrected chi connectivity index (χ0v) is 15.6. The molecule has 0 unspecified atom stereocenters. The summed E-state index contributed by atoms with van der Waals surface area (Å²) in [6.07, 6.45) is 6.29. The number of methoxy groups -OCH3 is 1. The molecule has 1 aliphatic carbocycles. The van der Waals surface area contributed by atoms with Crippen LogP contribution in [0.1, 0.15) is 36.6 Å². The van der Waals surface area contributed by atoms with Crippen LogP contribution < -0.4 is 10.3 Å². The third kappa shape index (κ3) is 2.68. The Balaban J connectivity index is 1.78. The van der Waals surface area contributed by atoms with Gasteiger partial charge in [-0.1, -0.05) is 6.42 Å². The van der Waals surface area contributed by atoms with Crippen molar-refractivity contribution < 1.29 is 13.5 Å². The Morgan fingerprint density at radius 2 is 2.03 bits per heavy atom. The average Bonchev–Trinajstić information content (AvgIpc) is 3.02. The molecule has 148 valence electrons. The molecule has 1 N–H and O–H groups in total. The number of aromatic amines is 1. The predicted octanol–water partition coefficient (Wildman–Crippen LogP) is 3.27. The van der Waals surface area contributed by atoms with Crippen LogP contribution in [0.25, 0.3) is 22.2 Å². The highest BCUT2D eigenvalue weighted by atomic mass is 19.2. The number of fused-ring (bicyclic) bond motifs is 2. The molecule has 1 fully saturated rings. The summed E-state index contributed by atoms with van der Waals surface area (Å²) >= 11 is 0. The third-order valence-corrected chi connectivity index (χ3v) is 5.54. The van der Waals surface area contributed by atoms with E-state index in [1.54, 1.807) is 12.4 Å². The number of benzene rings is 1. The Kier molecular flexibility index (Phi) is 4.04. The SMILES string of the molecule is COc1c(Cn2c(C3CCC3)nc3nccnc32)c2ccc(F)c(F)c2[nH]c1=O. The predicted molar refractivity (Wildman–Crippen MR) is 102 cm³/mol. The largest absolute Gasteiger partial charge is 0.491 e. The van der Waals surface area contributed by atoms with Gasteiger partial charge in [0.25, 0.3) is 5.56 Å². The van der Waals surface area contributed by atoms with E-state index >= 15 is 0 Å². The molecular weight excluding hydrogens is 380 g/mol. The fraction of sp³-hybridized carbons (Fsp3) is 0.300. The van der Waals surface area contributed by atoms with Crippen molar-refractivity contribution in [3.63, 3.8) is 0 Å². The fourth-order valence-electron chi connectivity index (χ4n) is 3.89. The summed E-state index contributed by atoms with van der Waals surface area (Å²) in [5, 5.41) is 0.366. The molecule has 1 saturated carbocycles. The fourth-order valence-corrected chi connectivity index (χ4v) is 3.89. The molecule has 5 rings (SSSR count). The van der Waals surface area contributed by atoms with Gasteiger partial charge in [0.15, 0.2) is 28.7 Å². The maximum Gasteiger partial charge on any atom is 0.291 e. The first-order valence-corrected chi connectivity index (χ1v) is 9.32. The molecule has 0 radical (unpaired) electrons. The summed E-state index contributed by atoms with van der Waals surface area (Å²) in [6, 6.07) is 2.48. The number of halogens is 2. The number of hydrogen-bond acceptors (Lipinski definition) is 5. The number of pyridine rings is 1. The van der Waals surface area contributed by atoms with Crippen LogP contribution in [0.4, 0.5) is 8.78 Å². The number of rotatable bonds is 4. The second-order valence-electron chi connectivity index (χ2n) is 7.14. The molecule has 9 heteroatoms. The van der Waals surface area contributed by atoms with E-state index in [0.29, 0.717) is 22.2 Å². The molecular formula is C20H17F2N5O2. The van der Waals surface area contributed by atoms with Crippen molar-refractivity contribution in [2.24, 2.45) is 0 Å². The van der Waals surface area contributed by atoms with E-state index in [2.05, 4.69) is 19.9 Å². The summed E-state index contributed by atoms with van der Waals surface area (Å²) in [4.78, 5) is 28.2. The highest BCUT2D eigenvalue weighted by Crippen LogP contribution is 2.37. The molecule has 0 saturated heterocycles. The van der Waals surface area contributed by atoms with Gasteiger partial charge in [0.1, 0.15) is 5.82 Å². The molecule has 1 aliphatic rings. The van der Waals surface area contributed by atoms with Crippen LogP contribution in [-0.4, -0.2) is 31.6 Å². The number of ether oxygens (including phenoxy) is 1. The van der Waals surface area contributed by atoms with Gasteiger partial charge in [-0.05, 0) is 25.0 Å². The van der Waals surface area contributed by atoms with E-state index in [1.807, 2.05) is 4.57 Å². The zero-order valence-electron chi connectivity index (χ0n) is 15.6. The monoisotopic (exact) mass is 397 g/mol. The lowest BCUT2D eigenvalue weighted by Crippen LogP contribution is -2.19. The van der Waals surface area contributed by atoms with E-state index in [-0.39, 0.29) is 23.7 Å². The Bertz CT molecular complexity index is 1310. The van der Waals surface area contributed by atoms with Crippen LogP contribution in [0.2, 0.25) is 0 Å². The van der Waals surface area contributed by atoms with Gasteiger partial charge in [-0.25, -0.2) is 23.7 Å². The van der Waals surface area contributed by atoms with Crippen molar-refractivity contribution in [3.8, 4) is 5.75 Å². The second-order valence-corrected chi connectivity index (χ2v) is 7.14. The smallest absolute Gasteiger partial charge is 0.291 e. The van der Waals surface area contributed by atoms with Gasteiger partial charge in [0.2, 0.25) is 0 Å². The van der Waals surface area contributed by atoms with Crippen LogP contribution in [0.3, 0.4) is 0 Å². The van der Waals surface area contributed by atoms with Crippen LogP contribution >= 0.6 is 0 Å². The van der Waals surface area contributed by atoms with Gasteiger partial charge < -0.3 is 14.3 Å². The molecule has 0 spiro atoms. The van der Waals surface area contributed by atoms with E-state index in [0.717, 1.165) is 31.2 Å². The minimum atomic E-state index is -1.10. The van der Waals surface area contributed by atoms with Crippen molar-refractivity contribution in [3.05, 3.63) is 57.9 Å². The minimum Gasteiger partial charge on any atom is -0.491 e. The summed E-state index contributed by atoms with van der Waals surface area (Å²) in [5.41, 5.74) is 0.717. The molecule has 7 nitrogen and oxygen atoms in total. The topological polar surface area (TPSA) is 85.7 Å². The number of H-pyrrole nitrogens is 1. The molecule has 4 aromatic rings. The molecule has 29 heavy (non-hydrogen) atoms. The highest BCUT2D eigenvalue weighted by Gasteiger charge is 2.28. The standard InChI is InChI=1S/C20H17F2N5O2/c1-29-16-12(11-5-6-13(21)14(22)15(11)25-20(16)28)9-27-18(10-3-2-4-10)26-17-19(27)24-8-7-23-17/h5-8,10H,2-4,9H2,1H3,(H,25,28). The van der Waals surface area contributed by atoms with Crippen LogP contribution in [0.5, 0.6) is 5.75 Å². The lowest BCUT2D eigenvalue weighted by atomic mass is 9.85. The van der Waals surface area contributed by atoms with Crippen LogP contribution in [0.15, 0.2) is 29.3 Å². The molecule has 3 aromatic heterocycles. The molecule has 0 aliphatic heterocycles. The van der Waals surface area contributed by atoms with Crippen molar-refractivity contribution in [1.82, 2.24) is 24.5 Å². The van der Waals surface area contributed by atoms with Crippen molar-refractivity contribution in [2.45, 2.75) is 31.7 Å². The Morgan fingerprint density at radius 1 is 1.24 bits per heavy atom. The summed E-state index contributed by atoms with van der Waals surface area (Å²) in [6.45, 7) is 0.176. The van der Waals surface area contributed by atoms with Crippen LogP contribution in [-0.2, 0) is 6.54 Å². The maximum absolute atomic E-state index is 14.4. The zero-order chi connectivity index (χ0) is 20.1. The van der Waals surface area contributed by atoms with Gasteiger partial charge >= 0.3 is 0 Å². The summed E-state index contributed by atoms with van der Waals surface area (Å²) in [7, 11) is 1.37. The molecule has 0 atom stereocenters. The quantitative estimate of drug-likeness (QED) is 0.571. The second kappa shape index (κ2) is 6.61. The minimum absolute atomic E-state index is 0.0498. The van der Waals surface area contributed by atoms with E-state index < -0.39 is 17.2 Å². The number of aromatic nitrogens is 5.